The van der Waals surface area contributed by atoms with E-state index >= 15 is 0 Å². The Morgan fingerprint density at radius 2 is 2.24 bits per heavy atom. The van der Waals surface area contributed by atoms with Gasteiger partial charge in [-0.2, -0.15) is 0 Å². The van der Waals surface area contributed by atoms with Crippen molar-refractivity contribution in [2.45, 2.75) is 13.5 Å². The predicted molar refractivity (Wildman–Crippen MR) is 64.9 cm³/mol. The van der Waals surface area contributed by atoms with Crippen LogP contribution in [-0.2, 0) is 11.3 Å². The number of fused-ring (bicyclic) bond motifs is 1. The molecule has 1 amide bonds. The molecule has 1 heterocycles. The van der Waals surface area contributed by atoms with Crippen molar-refractivity contribution in [3.8, 4) is 0 Å². The van der Waals surface area contributed by atoms with Gasteiger partial charge in [0.25, 0.3) is 5.56 Å². The van der Waals surface area contributed by atoms with Gasteiger partial charge in [-0.25, -0.2) is 4.98 Å². The minimum absolute atomic E-state index is 0.187. The Morgan fingerprint density at radius 3 is 2.88 bits per heavy atom. The van der Waals surface area contributed by atoms with Crippen molar-refractivity contribution in [1.29, 1.82) is 0 Å². The molecule has 0 aliphatic heterocycles. The first-order valence-corrected chi connectivity index (χ1v) is 5.30. The van der Waals surface area contributed by atoms with Crippen molar-refractivity contribution < 1.29 is 4.79 Å². The van der Waals surface area contributed by atoms with E-state index in [-0.39, 0.29) is 12.1 Å². The molecule has 88 valence electrons. The summed E-state index contributed by atoms with van der Waals surface area (Å²) in [5.41, 5.74) is 6.12. The van der Waals surface area contributed by atoms with Crippen molar-refractivity contribution in [2.75, 3.05) is 0 Å². The maximum atomic E-state index is 12.0. The maximum absolute atomic E-state index is 12.0. The molecule has 6 heteroatoms. The van der Waals surface area contributed by atoms with Crippen LogP contribution in [0.2, 0.25) is 5.02 Å². The number of primary amides is 1. The van der Waals surface area contributed by atoms with Crippen LogP contribution in [0, 0.1) is 6.92 Å². The third-order valence-corrected chi connectivity index (χ3v) is 2.63. The van der Waals surface area contributed by atoms with Crippen LogP contribution >= 0.6 is 11.6 Å². The number of benzene rings is 1. The second kappa shape index (κ2) is 4.18. The first-order chi connectivity index (χ1) is 7.99. The zero-order chi connectivity index (χ0) is 12.6. The van der Waals surface area contributed by atoms with Crippen molar-refractivity contribution in [2.24, 2.45) is 5.73 Å². The molecule has 2 aromatic rings. The third-order valence-electron chi connectivity index (χ3n) is 2.41. The van der Waals surface area contributed by atoms with Crippen LogP contribution in [0.15, 0.2) is 23.3 Å². The Bertz CT molecular complexity index is 664. The number of nitrogens with two attached hydrogens (primary N) is 1. The highest BCUT2D eigenvalue weighted by Crippen LogP contribution is 2.18. The summed E-state index contributed by atoms with van der Waals surface area (Å²) in [5, 5.41) is 0.851. The Kier molecular flexibility index (Phi) is 2.85. The summed E-state index contributed by atoms with van der Waals surface area (Å²) in [5.74, 6) is -0.591. The smallest absolute Gasteiger partial charge is 0.261 e. The highest BCUT2D eigenvalue weighted by atomic mass is 35.5. The zero-order valence-electron chi connectivity index (χ0n) is 9.11. The lowest BCUT2D eigenvalue weighted by Gasteiger charge is -2.06. The number of rotatable bonds is 2. The van der Waals surface area contributed by atoms with Crippen molar-refractivity contribution in [3.63, 3.8) is 0 Å². The number of aryl methyl sites for hydroxylation is 1. The van der Waals surface area contributed by atoms with E-state index in [1.54, 1.807) is 6.07 Å². The molecule has 0 fully saturated rings. The van der Waals surface area contributed by atoms with Crippen LogP contribution in [0.1, 0.15) is 5.56 Å². The van der Waals surface area contributed by atoms with E-state index in [0.717, 1.165) is 5.56 Å². The van der Waals surface area contributed by atoms with E-state index < -0.39 is 5.91 Å². The summed E-state index contributed by atoms with van der Waals surface area (Å²) < 4.78 is 1.17. The first-order valence-electron chi connectivity index (χ1n) is 4.92. The second-order valence-electron chi connectivity index (χ2n) is 3.76. The molecule has 5 nitrogen and oxygen atoms in total. The van der Waals surface area contributed by atoms with Gasteiger partial charge < -0.3 is 5.73 Å². The first kappa shape index (κ1) is 11.6. The second-order valence-corrected chi connectivity index (χ2v) is 4.20. The number of halogens is 1. The molecule has 0 unspecified atom stereocenters. The SMILES string of the molecule is Cc1cc(Cl)cc2c(=O)n(CC(N)=O)cnc12. The molecule has 0 saturated carbocycles. The number of hydrogen-bond acceptors (Lipinski definition) is 3. The number of nitrogens with zero attached hydrogens (tertiary/aromatic N) is 2. The zero-order valence-corrected chi connectivity index (χ0v) is 9.86. The molecule has 1 aromatic carbocycles. The third kappa shape index (κ3) is 2.14. The minimum Gasteiger partial charge on any atom is -0.368 e. The Labute approximate surface area is 102 Å². The molecule has 2 rings (SSSR count). The lowest BCUT2D eigenvalue weighted by atomic mass is 10.1. The van der Waals surface area contributed by atoms with Crippen LogP contribution in [0.3, 0.4) is 0 Å². The molecule has 17 heavy (non-hydrogen) atoms. The number of amides is 1. The molecular weight excluding hydrogens is 242 g/mol. The molecule has 1 aromatic heterocycles. The number of hydrogen-bond donors (Lipinski definition) is 1. The fraction of sp³-hybridized carbons (Fsp3) is 0.182. The Balaban J connectivity index is 2.75. The molecule has 0 aliphatic carbocycles. The van der Waals surface area contributed by atoms with Crippen LogP contribution in [0.25, 0.3) is 10.9 Å². The number of carbonyl (C=O) groups excluding carboxylic acids is 1. The minimum atomic E-state index is -0.591. The van der Waals surface area contributed by atoms with Gasteiger partial charge in [-0.3, -0.25) is 14.2 Å². The lowest BCUT2D eigenvalue weighted by molar-refractivity contribution is -0.118. The molecule has 0 spiro atoms. The van der Waals surface area contributed by atoms with Gasteiger partial charge in [0.05, 0.1) is 17.2 Å². The van der Waals surface area contributed by atoms with E-state index in [2.05, 4.69) is 4.98 Å². The van der Waals surface area contributed by atoms with Crippen LogP contribution in [0.4, 0.5) is 0 Å². The summed E-state index contributed by atoms with van der Waals surface area (Å²) in [6.07, 6.45) is 1.32. The van der Waals surface area contributed by atoms with Crippen LogP contribution in [0.5, 0.6) is 0 Å². The highest BCUT2D eigenvalue weighted by molar-refractivity contribution is 6.31. The Hall–Kier alpha value is -1.88. The summed E-state index contributed by atoms with van der Waals surface area (Å²) in [4.78, 5) is 27.0. The lowest BCUT2D eigenvalue weighted by Crippen LogP contribution is -2.28. The van der Waals surface area contributed by atoms with E-state index in [9.17, 15) is 9.59 Å². The average molecular weight is 252 g/mol. The summed E-state index contributed by atoms with van der Waals surface area (Å²) in [6.45, 7) is 1.63. The number of aromatic nitrogens is 2. The molecule has 0 radical (unpaired) electrons. The molecule has 0 aliphatic rings. The van der Waals surface area contributed by atoms with Crippen LogP contribution in [-0.4, -0.2) is 15.5 Å². The highest BCUT2D eigenvalue weighted by Gasteiger charge is 2.08. The summed E-state index contributed by atoms with van der Waals surface area (Å²) in [6, 6.07) is 3.27. The van der Waals surface area contributed by atoms with Gasteiger partial charge >= 0.3 is 0 Å². The quantitative estimate of drug-likeness (QED) is 0.859. The maximum Gasteiger partial charge on any atom is 0.261 e. The summed E-state index contributed by atoms with van der Waals surface area (Å²) >= 11 is 5.89. The van der Waals surface area contributed by atoms with E-state index in [1.807, 2.05) is 6.92 Å². The van der Waals surface area contributed by atoms with Crippen LogP contribution < -0.4 is 11.3 Å². The van der Waals surface area contributed by atoms with Crippen molar-refractivity contribution in [1.82, 2.24) is 9.55 Å². The molecular formula is C11H10ClN3O2. The van der Waals surface area contributed by atoms with Gasteiger partial charge in [0, 0.05) is 5.02 Å². The monoisotopic (exact) mass is 251 g/mol. The molecule has 0 atom stereocenters. The predicted octanol–water partition coefficient (Wildman–Crippen LogP) is 0.844. The Morgan fingerprint density at radius 1 is 1.53 bits per heavy atom. The normalized spacial score (nSPS) is 10.7. The van der Waals surface area contributed by atoms with E-state index in [1.165, 1.54) is 17.0 Å². The molecule has 2 N–H and O–H groups in total. The van der Waals surface area contributed by atoms with Gasteiger partial charge in [0.2, 0.25) is 5.91 Å². The molecule has 0 saturated heterocycles. The van der Waals surface area contributed by atoms with E-state index in [0.29, 0.717) is 15.9 Å². The van der Waals surface area contributed by atoms with Crippen molar-refractivity contribution >= 4 is 28.4 Å². The largest absolute Gasteiger partial charge is 0.368 e. The van der Waals surface area contributed by atoms with Crippen molar-refractivity contribution in [3.05, 3.63) is 39.4 Å². The molecule has 0 bridgehead atoms. The van der Waals surface area contributed by atoms with Gasteiger partial charge in [-0.15, -0.1) is 0 Å². The van der Waals surface area contributed by atoms with Gasteiger partial charge in [-0.05, 0) is 24.6 Å². The van der Waals surface area contributed by atoms with Gasteiger partial charge in [0.15, 0.2) is 0 Å². The van der Waals surface area contributed by atoms with E-state index in [4.69, 9.17) is 17.3 Å². The average Bonchev–Trinajstić information content (AvgIpc) is 2.22. The fourth-order valence-electron chi connectivity index (χ4n) is 1.69. The standard InChI is InChI=1S/C11H10ClN3O2/c1-6-2-7(12)3-8-10(6)14-5-15(11(8)17)4-9(13)16/h2-3,5H,4H2,1H3,(H2,13,16). The van der Waals surface area contributed by atoms with Gasteiger partial charge in [-0.1, -0.05) is 11.6 Å². The summed E-state index contributed by atoms with van der Waals surface area (Å²) in [7, 11) is 0. The fourth-order valence-corrected chi connectivity index (χ4v) is 1.96. The van der Waals surface area contributed by atoms with Gasteiger partial charge in [0.1, 0.15) is 6.54 Å². The number of carbonyl (C=O) groups is 1. The topological polar surface area (TPSA) is 78.0 Å².